The Bertz CT molecular complexity index is 1270. The molecule has 0 aliphatic heterocycles. The molecule has 0 aromatic heterocycles. The second-order valence-electron chi connectivity index (χ2n) is 8.24. The maximum atomic E-state index is 14.5. The van der Waals surface area contributed by atoms with Gasteiger partial charge in [-0.3, -0.25) is 13.9 Å². The molecule has 0 aliphatic carbocycles. The topological polar surface area (TPSA) is 86.8 Å². The quantitative estimate of drug-likeness (QED) is 0.422. The number of carbonyl (C=O) groups is 2. The summed E-state index contributed by atoms with van der Waals surface area (Å²) in [5.41, 5.74) is 0.516. The molecular weight excluding hydrogens is 481 g/mol. The van der Waals surface area contributed by atoms with Gasteiger partial charge in [0.15, 0.2) is 0 Å². The third-order valence-electron chi connectivity index (χ3n) is 5.67. The van der Waals surface area contributed by atoms with E-state index in [4.69, 9.17) is 0 Å². The number of benzene rings is 3. The summed E-state index contributed by atoms with van der Waals surface area (Å²) in [6.07, 6.45) is 0.705. The number of anilines is 1. The number of para-hydroxylation sites is 1. The minimum atomic E-state index is -4.11. The fourth-order valence-electron chi connectivity index (χ4n) is 3.63. The fraction of sp³-hybridized carbons (Fsp3) is 0.259. The molecule has 0 saturated carbocycles. The molecule has 3 rings (SSSR count). The number of hydrogen-bond donors (Lipinski definition) is 1. The number of nitrogens with one attached hydrogen (secondary N) is 1. The highest BCUT2D eigenvalue weighted by atomic mass is 32.2. The second-order valence-corrected chi connectivity index (χ2v) is 10.1. The van der Waals surface area contributed by atoms with Gasteiger partial charge >= 0.3 is 0 Å². The van der Waals surface area contributed by atoms with Crippen LogP contribution in [0.5, 0.6) is 0 Å². The Balaban J connectivity index is 1.99. The van der Waals surface area contributed by atoms with Crippen LogP contribution in [-0.4, -0.2) is 44.3 Å². The molecule has 2 amide bonds. The van der Waals surface area contributed by atoms with Crippen LogP contribution in [0.4, 0.5) is 10.1 Å². The number of halogens is 1. The number of carbonyl (C=O) groups excluding carboxylic acids is 2. The van der Waals surface area contributed by atoms with Gasteiger partial charge in [-0.25, -0.2) is 12.8 Å². The van der Waals surface area contributed by atoms with Crippen LogP contribution in [0.25, 0.3) is 0 Å². The van der Waals surface area contributed by atoms with Crippen LogP contribution in [-0.2, 0) is 26.2 Å². The third-order valence-corrected chi connectivity index (χ3v) is 7.46. The average Bonchev–Trinajstić information content (AvgIpc) is 2.90. The number of amides is 2. The molecule has 7 nitrogen and oxygen atoms in total. The van der Waals surface area contributed by atoms with Gasteiger partial charge in [-0.2, -0.15) is 0 Å². The molecule has 0 fully saturated rings. The molecule has 0 radical (unpaired) electrons. The maximum absolute atomic E-state index is 14.5. The van der Waals surface area contributed by atoms with Crippen molar-refractivity contribution in [3.8, 4) is 0 Å². The maximum Gasteiger partial charge on any atom is 0.264 e. The lowest BCUT2D eigenvalue weighted by atomic mass is 10.1. The largest absolute Gasteiger partial charge is 0.354 e. The van der Waals surface area contributed by atoms with Gasteiger partial charge in [0, 0.05) is 18.7 Å². The minimum absolute atomic E-state index is 0.0241. The zero-order chi connectivity index (χ0) is 26.1. The van der Waals surface area contributed by atoms with Gasteiger partial charge in [0.2, 0.25) is 11.8 Å². The summed E-state index contributed by atoms with van der Waals surface area (Å²) in [6.45, 7) is 3.10. The van der Waals surface area contributed by atoms with E-state index in [1.54, 1.807) is 61.5 Å². The van der Waals surface area contributed by atoms with Crippen LogP contribution in [0.15, 0.2) is 89.8 Å². The van der Waals surface area contributed by atoms with Crippen molar-refractivity contribution in [2.75, 3.05) is 17.4 Å². The van der Waals surface area contributed by atoms with E-state index in [2.05, 4.69) is 5.32 Å². The molecule has 0 saturated heterocycles. The summed E-state index contributed by atoms with van der Waals surface area (Å²) in [5, 5.41) is 2.75. The Kier molecular flexibility index (Phi) is 9.19. The molecule has 0 spiro atoms. The first kappa shape index (κ1) is 26.9. The van der Waals surface area contributed by atoms with Crippen molar-refractivity contribution in [3.63, 3.8) is 0 Å². The van der Waals surface area contributed by atoms with Gasteiger partial charge < -0.3 is 10.2 Å². The number of sulfonamides is 1. The fourth-order valence-corrected chi connectivity index (χ4v) is 5.07. The molecule has 9 heteroatoms. The Morgan fingerprint density at radius 1 is 0.917 bits per heavy atom. The van der Waals surface area contributed by atoms with Gasteiger partial charge in [-0.1, -0.05) is 61.5 Å². The lowest BCUT2D eigenvalue weighted by Crippen LogP contribution is -2.51. The molecule has 3 aromatic carbocycles. The number of nitrogens with zero attached hydrogens (tertiary/aromatic N) is 2. The van der Waals surface area contributed by atoms with Gasteiger partial charge in [-0.05, 0) is 43.7 Å². The summed E-state index contributed by atoms with van der Waals surface area (Å²) in [7, 11) is -4.11. The zero-order valence-corrected chi connectivity index (χ0v) is 21.1. The van der Waals surface area contributed by atoms with Gasteiger partial charge in [0.1, 0.15) is 18.4 Å². The van der Waals surface area contributed by atoms with Crippen LogP contribution in [0.3, 0.4) is 0 Å². The van der Waals surface area contributed by atoms with E-state index in [9.17, 15) is 22.4 Å². The predicted octanol–water partition coefficient (Wildman–Crippen LogP) is 3.96. The van der Waals surface area contributed by atoms with E-state index in [1.807, 2.05) is 6.92 Å². The Morgan fingerprint density at radius 3 is 2.11 bits per heavy atom. The Hall–Kier alpha value is -3.72. The van der Waals surface area contributed by atoms with Crippen molar-refractivity contribution in [2.45, 2.75) is 37.8 Å². The lowest BCUT2D eigenvalue weighted by Gasteiger charge is -2.32. The summed E-state index contributed by atoms with van der Waals surface area (Å²) in [4.78, 5) is 27.7. The zero-order valence-electron chi connectivity index (χ0n) is 20.3. The summed E-state index contributed by atoms with van der Waals surface area (Å²) < 4.78 is 42.6. The van der Waals surface area contributed by atoms with Crippen LogP contribution < -0.4 is 9.62 Å². The van der Waals surface area contributed by atoms with Crippen molar-refractivity contribution >= 4 is 27.5 Å². The van der Waals surface area contributed by atoms with E-state index in [-0.39, 0.29) is 17.0 Å². The highest BCUT2D eigenvalue weighted by Crippen LogP contribution is 2.24. The first-order valence-corrected chi connectivity index (χ1v) is 13.1. The molecular formula is C27H30FN3O4S. The van der Waals surface area contributed by atoms with E-state index < -0.39 is 40.2 Å². The van der Waals surface area contributed by atoms with Gasteiger partial charge in [0.05, 0.1) is 10.6 Å². The van der Waals surface area contributed by atoms with E-state index in [1.165, 1.54) is 35.2 Å². The first-order chi connectivity index (χ1) is 17.3. The third kappa shape index (κ3) is 6.48. The van der Waals surface area contributed by atoms with Crippen LogP contribution in [0, 0.1) is 5.82 Å². The second kappa shape index (κ2) is 12.3. The number of hydrogen-bond acceptors (Lipinski definition) is 4. The van der Waals surface area contributed by atoms with E-state index >= 15 is 0 Å². The minimum Gasteiger partial charge on any atom is -0.354 e. The smallest absolute Gasteiger partial charge is 0.264 e. The molecule has 190 valence electrons. The Labute approximate surface area is 211 Å². The van der Waals surface area contributed by atoms with Crippen molar-refractivity contribution < 1.29 is 22.4 Å². The van der Waals surface area contributed by atoms with Gasteiger partial charge in [0.25, 0.3) is 10.0 Å². The lowest BCUT2D eigenvalue weighted by molar-refractivity contribution is -0.139. The molecule has 1 atom stereocenters. The van der Waals surface area contributed by atoms with Crippen LogP contribution in [0.1, 0.15) is 25.8 Å². The first-order valence-electron chi connectivity index (χ1n) is 11.7. The normalized spacial score (nSPS) is 12.0. The van der Waals surface area contributed by atoms with Crippen molar-refractivity contribution in [1.82, 2.24) is 10.2 Å². The summed E-state index contributed by atoms with van der Waals surface area (Å²) >= 11 is 0. The Morgan fingerprint density at radius 2 is 1.50 bits per heavy atom. The van der Waals surface area contributed by atoms with Crippen LogP contribution in [0.2, 0.25) is 0 Å². The molecule has 0 bridgehead atoms. The molecule has 36 heavy (non-hydrogen) atoms. The number of rotatable bonds is 11. The molecule has 1 N–H and O–H groups in total. The van der Waals surface area contributed by atoms with Gasteiger partial charge in [-0.15, -0.1) is 0 Å². The predicted molar refractivity (Wildman–Crippen MR) is 137 cm³/mol. The molecule has 0 heterocycles. The SMILES string of the molecule is CCCNC(=O)[C@@H](C)N(Cc1ccccc1F)C(=O)CN(c1ccccc1)S(=O)(=O)c1ccccc1. The standard InChI is InChI=1S/C27H30FN3O4S/c1-3-18-29-27(33)21(2)30(19-22-12-10-11-17-25(22)28)26(32)20-31(23-13-6-4-7-14-23)36(34,35)24-15-8-5-9-16-24/h4-17,21H,3,18-20H2,1-2H3,(H,29,33)/t21-/m1/s1. The van der Waals surface area contributed by atoms with E-state index in [0.29, 0.717) is 18.7 Å². The average molecular weight is 512 g/mol. The van der Waals surface area contributed by atoms with Crippen molar-refractivity contribution in [3.05, 3.63) is 96.3 Å². The molecule has 0 unspecified atom stereocenters. The molecule has 3 aromatic rings. The summed E-state index contributed by atoms with van der Waals surface area (Å²) in [5.74, 6) is -1.56. The van der Waals surface area contributed by atoms with Crippen molar-refractivity contribution in [1.29, 1.82) is 0 Å². The van der Waals surface area contributed by atoms with Crippen molar-refractivity contribution in [2.24, 2.45) is 0 Å². The summed E-state index contributed by atoms with van der Waals surface area (Å²) in [6, 6.07) is 21.1. The molecule has 0 aliphatic rings. The van der Waals surface area contributed by atoms with E-state index in [0.717, 1.165) is 4.31 Å². The highest BCUT2D eigenvalue weighted by molar-refractivity contribution is 7.92. The monoisotopic (exact) mass is 511 g/mol. The van der Waals surface area contributed by atoms with Crippen LogP contribution >= 0.6 is 0 Å². The highest BCUT2D eigenvalue weighted by Gasteiger charge is 2.32.